The van der Waals surface area contributed by atoms with Crippen LogP contribution >= 0.6 is 0 Å². The van der Waals surface area contributed by atoms with E-state index in [-0.39, 0.29) is 17.6 Å². The fraction of sp³-hybridized carbons (Fsp3) is 0.625. The molecule has 8 heteroatoms. The van der Waals surface area contributed by atoms with Crippen LogP contribution in [0.5, 0.6) is 0 Å². The van der Waals surface area contributed by atoms with Gasteiger partial charge in [-0.2, -0.15) is 0 Å². The van der Waals surface area contributed by atoms with Crippen molar-refractivity contribution in [3.05, 3.63) is 29.6 Å². The van der Waals surface area contributed by atoms with Crippen molar-refractivity contribution >= 4 is 10.0 Å². The Bertz CT molecular complexity index is 651. The van der Waals surface area contributed by atoms with E-state index in [1.54, 1.807) is 13.0 Å². The van der Waals surface area contributed by atoms with Crippen LogP contribution in [0.15, 0.2) is 23.1 Å². The second kappa shape index (κ2) is 8.35. The molecule has 1 aliphatic rings. The van der Waals surface area contributed by atoms with Crippen LogP contribution < -0.4 is 4.72 Å². The van der Waals surface area contributed by atoms with Gasteiger partial charge in [0, 0.05) is 13.2 Å². The van der Waals surface area contributed by atoms with Crippen molar-refractivity contribution in [1.29, 1.82) is 0 Å². The first kappa shape index (κ1) is 19.3. The molecule has 24 heavy (non-hydrogen) atoms. The highest BCUT2D eigenvalue weighted by Gasteiger charge is 2.32. The fourth-order valence-corrected chi connectivity index (χ4v) is 3.81. The van der Waals surface area contributed by atoms with Gasteiger partial charge in [0.05, 0.1) is 25.4 Å². The topological polar surface area (TPSA) is 67.9 Å². The molecule has 1 saturated heterocycles. The molecule has 1 aromatic rings. The van der Waals surface area contributed by atoms with Crippen molar-refractivity contribution < 1.29 is 22.3 Å². The molecule has 1 aromatic carbocycles. The zero-order valence-corrected chi connectivity index (χ0v) is 15.1. The number of ether oxygens (including phenoxy) is 2. The lowest BCUT2D eigenvalue weighted by atomic mass is 10.1. The first-order chi connectivity index (χ1) is 11.3. The van der Waals surface area contributed by atoms with Crippen LogP contribution in [-0.2, 0) is 19.5 Å². The summed E-state index contributed by atoms with van der Waals surface area (Å²) in [5, 5.41) is 0. The predicted molar refractivity (Wildman–Crippen MR) is 89.0 cm³/mol. The first-order valence-electron chi connectivity index (χ1n) is 7.92. The monoisotopic (exact) mass is 360 g/mol. The number of halogens is 1. The molecule has 6 nitrogen and oxygen atoms in total. The Morgan fingerprint density at radius 3 is 2.83 bits per heavy atom. The number of rotatable bonds is 7. The van der Waals surface area contributed by atoms with E-state index < -0.39 is 21.9 Å². The van der Waals surface area contributed by atoms with Gasteiger partial charge in [-0.15, -0.1) is 0 Å². The summed E-state index contributed by atoms with van der Waals surface area (Å²) in [6, 6.07) is 3.52. The van der Waals surface area contributed by atoms with E-state index in [1.165, 1.54) is 12.1 Å². The van der Waals surface area contributed by atoms with Crippen molar-refractivity contribution in [2.75, 3.05) is 40.5 Å². The second-order valence-corrected chi connectivity index (χ2v) is 7.92. The van der Waals surface area contributed by atoms with E-state index in [1.807, 2.05) is 19.0 Å². The summed E-state index contributed by atoms with van der Waals surface area (Å²) in [7, 11) is -0.101. The Kier molecular flexibility index (Phi) is 6.70. The molecule has 0 bridgehead atoms. The summed E-state index contributed by atoms with van der Waals surface area (Å²) in [6.45, 7) is 3.66. The van der Waals surface area contributed by atoms with Crippen molar-refractivity contribution in [2.24, 2.45) is 0 Å². The summed E-state index contributed by atoms with van der Waals surface area (Å²) in [6.07, 6.45) is 0.304. The summed E-state index contributed by atoms with van der Waals surface area (Å²) in [5.41, 5.74) is 0.664. The molecule has 0 amide bonds. The molecule has 1 fully saturated rings. The lowest BCUT2D eigenvalue weighted by molar-refractivity contribution is -0.0527. The van der Waals surface area contributed by atoms with E-state index in [4.69, 9.17) is 9.47 Å². The number of hydrogen-bond donors (Lipinski definition) is 1. The smallest absolute Gasteiger partial charge is 0.243 e. The highest BCUT2D eigenvalue weighted by Crippen LogP contribution is 2.19. The number of nitrogens with one attached hydrogen (secondary N) is 1. The van der Waals surface area contributed by atoms with Crippen LogP contribution in [0, 0.1) is 12.7 Å². The van der Waals surface area contributed by atoms with Gasteiger partial charge < -0.3 is 14.4 Å². The summed E-state index contributed by atoms with van der Waals surface area (Å²) >= 11 is 0. The number of aryl methyl sites for hydroxylation is 1. The van der Waals surface area contributed by atoms with Gasteiger partial charge in [-0.1, -0.05) is 6.07 Å². The SMILES string of the molecule is Cc1ccc(S(=O)(=O)N[C@@H]2COCC[C@@H]2OCCN(C)C)c(F)c1. The standard InChI is InChI=1S/C16H25FN2O4S/c1-12-4-5-16(13(17)10-12)24(20,21)18-14-11-22-8-6-15(14)23-9-7-19(2)3/h4-5,10,14-15,18H,6-9,11H2,1-3H3/t14-,15+/m1/s1. The van der Waals surface area contributed by atoms with Crippen LogP contribution in [0.25, 0.3) is 0 Å². The zero-order chi connectivity index (χ0) is 17.7. The zero-order valence-electron chi connectivity index (χ0n) is 14.3. The Labute approximate surface area is 143 Å². The highest BCUT2D eigenvalue weighted by atomic mass is 32.2. The molecule has 1 heterocycles. The molecule has 136 valence electrons. The number of benzene rings is 1. The molecule has 0 saturated carbocycles. The van der Waals surface area contributed by atoms with Crippen molar-refractivity contribution in [3.8, 4) is 0 Å². The van der Waals surface area contributed by atoms with Gasteiger partial charge in [-0.05, 0) is 45.1 Å². The van der Waals surface area contributed by atoms with Crippen LogP contribution in [0.4, 0.5) is 4.39 Å². The summed E-state index contributed by atoms with van der Waals surface area (Å²) in [5.74, 6) is -0.760. The number of hydrogen-bond acceptors (Lipinski definition) is 5. The number of likely N-dealkylation sites (N-methyl/N-ethyl adjacent to an activating group) is 1. The van der Waals surface area contributed by atoms with E-state index in [2.05, 4.69) is 4.72 Å². The molecule has 0 radical (unpaired) electrons. The minimum atomic E-state index is -3.98. The maximum atomic E-state index is 14.0. The van der Waals surface area contributed by atoms with Crippen LogP contribution in [0.1, 0.15) is 12.0 Å². The fourth-order valence-electron chi connectivity index (χ4n) is 2.50. The van der Waals surface area contributed by atoms with Crippen molar-refractivity contribution in [1.82, 2.24) is 9.62 Å². The molecule has 0 aliphatic carbocycles. The predicted octanol–water partition coefficient (Wildman–Crippen LogP) is 1.15. The van der Waals surface area contributed by atoms with E-state index in [9.17, 15) is 12.8 Å². The molecule has 0 aromatic heterocycles. The minimum Gasteiger partial charge on any atom is -0.380 e. The average Bonchev–Trinajstić information content (AvgIpc) is 2.48. The van der Waals surface area contributed by atoms with Gasteiger partial charge in [-0.25, -0.2) is 17.5 Å². The van der Waals surface area contributed by atoms with Crippen molar-refractivity contribution in [3.63, 3.8) is 0 Å². The Hall–Kier alpha value is -1.06. The van der Waals surface area contributed by atoms with E-state index in [0.29, 0.717) is 25.2 Å². The van der Waals surface area contributed by atoms with Crippen LogP contribution in [0.2, 0.25) is 0 Å². The van der Waals surface area contributed by atoms with Gasteiger partial charge in [0.15, 0.2) is 0 Å². The van der Waals surface area contributed by atoms with Gasteiger partial charge >= 0.3 is 0 Å². The van der Waals surface area contributed by atoms with E-state index in [0.717, 1.165) is 6.54 Å². The molecular weight excluding hydrogens is 335 g/mol. The maximum Gasteiger partial charge on any atom is 0.243 e. The van der Waals surface area contributed by atoms with Gasteiger partial charge in [-0.3, -0.25) is 0 Å². The molecular formula is C16H25FN2O4S. The lowest BCUT2D eigenvalue weighted by Gasteiger charge is -2.32. The average molecular weight is 360 g/mol. The largest absolute Gasteiger partial charge is 0.380 e. The third kappa shape index (κ3) is 5.22. The van der Waals surface area contributed by atoms with Gasteiger partial charge in [0.1, 0.15) is 10.7 Å². The molecule has 0 unspecified atom stereocenters. The lowest BCUT2D eigenvalue weighted by Crippen LogP contribution is -2.51. The highest BCUT2D eigenvalue weighted by molar-refractivity contribution is 7.89. The molecule has 1 N–H and O–H groups in total. The van der Waals surface area contributed by atoms with Crippen molar-refractivity contribution in [2.45, 2.75) is 30.4 Å². The summed E-state index contributed by atoms with van der Waals surface area (Å²) in [4.78, 5) is 1.63. The normalized spacial score (nSPS) is 22.0. The molecule has 1 aliphatic heterocycles. The maximum absolute atomic E-state index is 14.0. The molecule has 2 atom stereocenters. The second-order valence-electron chi connectivity index (χ2n) is 6.24. The van der Waals surface area contributed by atoms with Gasteiger partial charge in [0.2, 0.25) is 10.0 Å². The third-order valence-corrected chi connectivity index (χ3v) is 5.37. The summed E-state index contributed by atoms with van der Waals surface area (Å²) < 4.78 is 52.7. The van der Waals surface area contributed by atoms with Gasteiger partial charge in [0.25, 0.3) is 0 Å². The quantitative estimate of drug-likeness (QED) is 0.790. The van der Waals surface area contributed by atoms with E-state index >= 15 is 0 Å². The van der Waals surface area contributed by atoms with Crippen LogP contribution in [-0.4, -0.2) is 65.9 Å². The minimum absolute atomic E-state index is 0.208. The van der Waals surface area contributed by atoms with Crippen LogP contribution in [0.3, 0.4) is 0 Å². The molecule has 0 spiro atoms. The first-order valence-corrected chi connectivity index (χ1v) is 9.40. The Morgan fingerprint density at radius 1 is 1.42 bits per heavy atom. The third-order valence-electron chi connectivity index (χ3n) is 3.85. The Morgan fingerprint density at radius 2 is 2.17 bits per heavy atom. The molecule has 2 rings (SSSR count). The number of nitrogens with zero attached hydrogens (tertiary/aromatic N) is 1. The Balaban J connectivity index is 2.07. The number of sulfonamides is 1.